The molecule has 9 heteroatoms. The molecule has 1 unspecified atom stereocenters. The number of nitrogens with zero attached hydrogens (tertiary/aromatic N) is 1. The van der Waals surface area contributed by atoms with E-state index in [4.69, 9.17) is 19.3 Å². The molecule has 1 saturated carbocycles. The van der Waals surface area contributed by atoms with Gasteiger partial charge in [0.25, 0.3) is 0 Å². The first-order valence-electron chi connectivity index (χ1n) is 9.34. The van der Waals surface area contributed by atoms with E-state index < -0.39 is 23.8 Å². The number of aliphatic carboxylic acids is 1. The first-order chi connectivity index (χ1) is 14.2. The van der Waals surface area contributed by atoms with Gasteiger partial charge in [-0.3, -0.25) is 4.79 Å². The van der Waals surface area contributed by atoms with Crippen LogP contribution in [-0.4, -0.2) is 36.4 Å². The van der Waals surface area contributed by atoms with Crippen LogP contribution in [0.3, 0.4) is 0 Å². The van der Waals surface area contributed by atoms with Gasteiger partial charge in [-0.1, -0.05) is 12.1 Å². The fourth-order valence-corrected chi connectivity index (χ4v) is 2.88. The van der Waals surface area contributed by atoms with Crippen molar-refractivity contribution in [3.05, 3.63) is 53.7 Å². The first kappa shape index (κ1) is 21.9. The minimum Gasteiger partial charge on any atom is -0.493 e. The van der Waals surface area contributed by atoms with E-state index in [0.717, 1.165) is 30.7 Å². The number of rotatable bonds is 10. The Morgan fingerprint density at radius 1 is 1.13 bits per heavy atom. The predicted octanol–water partition coefficient (Wildman–Crippen LogP) is 4.50. The molecule has 1 fully saturated rings. The summed E-state index contributed by atoms with van der Waals surface area (Å²) < 4.78 is 54.3. The largest absolute Gasteiger partial charge is 0.493 e. The van der Waals surface area contributed by atoms with Crippen LogP contribution in [0.25, 0.3) is 0 Å². The van der Waals surface area contributed by atoms with Crippen molar-refractivity contribution in [3.63, 3.8) is 0 Å². The number of benzene rings is 1. The third kappa shape index (κ3) is 5.85. The zero-order valence-electron chi connectivity index (χ0n) is 16.3. The van der Waals surface area contributed by atoms with Crippen LogP contribution >= 0.6 is 0 Å². The van der Waals surface area contributed by atoms with Crippen LogP contribution < -0.4 is 9.47 Å². The molecule has 0 bridgehead atoms. The second kappa shape index (κ2) is 8.91. The minimum absolute atomic E-state index is 0.130. The Balaban J connectivity index is 1.50. The molecule has 1 aliphatic rings. The summed E-state index contributed by atoms with van der Waals surface area (Å²) in [7, 11) is 1.46. The van der Waals surface area contributed by atoms with Gasteiger partial charge in [0.15, 0.2) is 0 Å². The van der Waals surface area contributed by atoms with Gasteiger partial charge in [0.05, 0.1) is 31.3 Å². The summed E-state index contributed by atoms with van der Waals surface area (Å²) in [6.07, 6.45) is -2.56. The average Bonchev–Trinajstić information content (AvgIpc) is 3.49. The van der Waals surface area contributed by atoms with Gasteiger partial charge in [-0.05, 0) is 36.6 Å². The maximum absolute atomic E-state index is 12.6. The number of aromatic nitrogens is 1. The fourth-order valence-electron chi connectivity index (χ4n) is 2.88. The molecular formula is C21H22F3NO5. The number of carboxylic acid groups (broad SMARTS) is 1. The van der Waals surface area contributed by atoms with Crippen molar-refractivity contribution in [2.45, 2.75) is 31.5 Å². The van der Waals surface area contributed by atoms with E-state index in [2.05, 4.69) is 4.98 Å². The van der Waals surface area contributed by atoms with Gasteiger partial charge in [-0.2, -0.15) is 13.2 Å². The lowest BCUT2D eigenvalue weighted by Crippen LogP contribution is -2.21. The smallest absolute Gasteiger partial charge is 0.417 e. The van der Waals surface area contributed by atoms with Gasteiger partial charge in [0.1, 0.15) is 5.75 Å². The molecule has 30 heavy (non-hydrogen) atoms. The van der Waals surface area contributed by atoms with Crippen LogP contribution in [0.4, 0.5) is 13.2 Å². The highest BCUT2D eigenvalue weighted by Gasteiger charge is 2.44. The maximum atomic E-state index is 12.6. The van der Waals surface area contributed by atoms with Crippen molar-refractivity contribution in [2.75, 3.05) is 20.3 Å². The predicted molar refractivity (Wildman–Crippen MR) is 100 cm³/mol. The Kier molecular flexibility index (Phi) is 6.50. The summed E-state index contributed by atoms with van der Waals surface area (Å²) in [6.45, 7) is 0.698. The Labute approximate surface area is 171 Å². The molecule has 6 nitrogen and oxygen atoms in total. The molecule has 2 aromatic rings. The lowest BCUT2D eigenvalue weighted by atomic mass is 10.1. The summed E-state index contributed by atoms with van der Waals surface area (Å²) in [4.78, 5) is 14.6. The van der Waals surface area contributed by atoms with Crippen molar-refractivity contribution in [1.29, 1.82) is 0 Å². The summed E-state index contributed by atoms with van der Waals surface area (Å²) in [5.74, 6) is -0.175. The number of alkyl halides is 3. The second-order valence-corrected chi connectivity index (χ2v) is 7.35. The second-order valence-electron chi connectivity index (χ2n) is 7.35. The third-order valence-electron chi connectivity index (χ3n) is 4.99. The van der Waals surface area contributed by atoms with Gasteiger partial charge < -0.3 is 19.3 Å². The van der Waals surface area contributed by atoms with E-state index in [1.165, 1.54) is 13.2 Å². The van der Waals surface area contributed by atoms with E-state index in [9.17, 15) is 18.0 Å². The molecule has 1 N–H and O–H groups in total. The van der Waals surface area contributed by atoms with Crippen LogP contribution in [0, 0.1) is 5.41 Å². The van der Waals surface area contributed by atoms with Crippen LogP contribution in [0.1, 0.15) is 36.5 Å². The van der Waals surface area contributed by atoms with Gasteiger partial charge in [-0.25, -0.2) is 4.98 Å². The first-order valence-corrected chi connectivity index (χ1v) is 9.34. The molecule has 0 amide bonds. The van der Waals surface area contributed by atoms with Crippen LogP contribution in [0.5, 0.6) is 11.6 Å². The van der Waals surface area contributed by atoms with Gasteiger partial charge in [0.2, 0.25) is 5.88 Å². The molecule has 1 aromatic carbocycles. The number of halogens is 3. The highest BCUT2D eigenvalue weighted by Crippen LogP contribution is 2.46. The number of pyridine rings is 1. The molecule has 1 atom stereocenters. The highest BCUT2D eigenvalue weighted by molar-refractivity contribution is 5.67. The summed E-state index contributed by atoms with van der Waals surface area (Å²) in [5, 5.41) is 8.92. The van der Waals surface area contributed by atoms with Crippen molar-refractivity contribution in [3.8, 4) is 11.6 Å². The van der Waals surface area contributed by atoms with Crippen LogP contribution in [-0.2, 0) is 15.7 Å². The lowest BCUT2D eigenvalue weighted by Gasteiger charge is -2.18. The number of carbonyl (C=O) groups is 1. The molecular weight excluding hydrogens is 403 g/mol. The highest BCUT2D eigenvalue weighted by atomic mass is 19.4. The Morgan fingerprint density at radius 2 is 1.80 bits per heavy atom. The standard InChI is InChI=1S/C21H22F3NO5/c1-28-17(10-19(26)27)14-2-5-16(6-3-14)29-12-20(8-9-20)13-30-18-7-4-15(11-25-18)21(22,23)24/h2-7,11,17H,8-10,12-13H2,1H3,(H,26,27). The molecule has 1 aromatic heterocycles. The zero-order chi connectivity index (χ0) is 21.8. The van der Waals surface area contributed by atoms with E-state index >= 15 is 0 Å². The van der Waals surface area contributed by atoms with Crippen molar-refractivity contribution < 1.29 is 37.3 Å². The molecule has 0 spiro atoms. The molecule has 0 radical (unpaired) electrons. The monoisotopic (exact) mass is 425 g/mol. The maximum Gasteiger partial charge on any atom is 0.417 e. The SMILES string of the molecule is COC(CC(=O)O)c1ccc(OCC2(COc3ccc(C(F)(F)F)cn3)CC2)cc1. The molecule has 1 aliphatic carbocycles. The Bertz CT molecular complexity index is 848. The van der Waals surface area contributed by atoms with Gasteiger partial charge >= 0.3 is 12.1 Å². The topological polar surface area (TPSA) is 77.9 Å². The fraction of sp³-hybridized carbons (Fsp3) is 0.429. The Hall–Kier alpha value is -2.81. The normalized spacial score (nSPS) is 16.0. The number of carboxylic acids is 1. The number of hydrogen-bond acceptors (Lipinski definition) is 5. The third-order valence-corrected chi connectivity index (χ3v) is 4.99. The number of ether oxygens (including phenoxy) is 3. The zero-order valence-corrected chi connectivity index (χ0v) is 16.3. The molecule has 1 heterocycles. The van der Waals surface area contributed by atoms with Crippen molar-refractivity contribution in [1.82, 2.24) is 4.98 Å². The number of hydrogen-bond donors (Lipinski definition) is 1. The molecule has 0 saturated heterocycles. The van der Waals surface area contributed by atoms with E-state index in [1.807, 2.05) is 0 Å². The van der Waals surface area contributed by atoms with Crippen molar-refractivity contribution >= 4 is 5.97 Å². The van der Waals surface area contributed by atoms with Crippen molar-refractivity contribution in [2.24, 2.45) is 5.41 Å². The summed E-state index contributed by atoms with van der Waals surface area (Å²) >= 11 is 0. The van der Waals surface area contributed by atoms with Crippen LogP contribution in [0.15, 0.2) is 42.6 Å². The number of methoxy groups -OCH3 is 1. The van der Waals surface area contributed by atoms with E-state index in [0.29, 0.717) is 19.0 Å². The van der Waals surface area contributed by atoms with Crippen LogP contribution in [0.2, 0.25) is 0 Å². The summed E-state index contributed by atoms with van der Waals surface area (Å²) in [6, 6.07) is 9.16. The molecule has 0 aliphatic heterocycles. The lowest BCUT2D eigenvalue weighted by molar-refractivity contribution is -0.140. The Morgan fingerprint density at radius 3 is 2.30 bits per heavy atom. The minimum atomic E-state index is -4.43. The average molecular weight is 425 g/mol. The molecule has 3 rings (SSSR count). The van der Waals surface area contributed by atoms with Gasteiger partial charge in [0, 0.05) is 24.8 Å². The van der Waals surface area contributed by atoms with E-state index in [1.54, 1.807) is 24.3 Å². The molecule has 162 valence electrons. The quantitative estimate of drug-likeness (QED) is 0.604. The van der Waals surface area contributed by atoms with E-state index in [-0.39, 0.29) is 17.7 Å². The van der Waals surface area contributed by atoms with Gasteiger partial charge in [-0.15, -0.1) is 0 Å². The summed E-state index contributed by atoms with van der Waals surface area (Å²) in [5.41, 5.74) is -0.270.